The van der Waals surface area contributed by atoms with Gasteiger partial charge in [0.1, 0.15) is 12.2 Å². The van der Waals surface area contributed by atoms with Gasteiger partial charge in [-0.15, -0.1) is 0 Å². The molecule has 286 valence electrons. The van der Waals surface area contributed by atoms with Crippen molar-refractivity contribution in [1.29, 1.82) is 0 Å². The summed E-state index contributed by atoms with van der Waals surface area (Å²) in [4.78, 5) is 0. The van der Waals surface area contributed by atoms with E-state index >= 15 is 0 Å². The summed E-state index contributed by atoms with van der Waals surface area (Å²) < 4.78 is 47.3. The number of ether oxygens (including phenoxy) is 7. The van der Waals surface area contributed by atoms with Crippen molar-refractivity contribution < 1.29 is 33.2 Å². The maximum atomic E-state index is 7.02. The predicted octanol–water partition coefficient (Wildman–Crippen LogP) is 9.43. The Hall–Kier alpha value is -3.04. The van der Waals surface area contributed by atoms with Crippen molar-refractivity contribution in [3.63, 3.8) is 0 Å². The van der Waals surface area contributed by atoms with Crippen LogP contribution in [-0.4, -0.2) is 55.6 Å². The van der Waals surface area contributed by atoms with Crippen molar-refractivity contribution in [2.75, 3.05) is 13.2 Å². The molecule has 3 fully saturated rings. The first-order valence-electron chi connectivity index (χ1n) is 20.1. The van der Waals surface area contributed by atoms with Gasteiger partial charge in [-0.1, -0.05) is 119 Å². The second kappa shape index (κ2) is 18.1. The molecule has 7 heteroatoms. The third-order valence-corrected chi connectivity index (χ3v) is 12.1. The van der Waals surface area contributed by atoms with E-state index in [1.807, 2.05) is 30.3 Å². The van der Waals surface area contributed by atoms with Gasteiger partial charge in [-0.2, -0.15) is 0 Å². The number of fused-ring (bicyclic) bond motifs is 1. The van der Waals surface area contributed by atoms with Crippen molar-refractivity contribution in [3.8, 4) is 0 Å². The molecule has 0 radical (unpaired) electrons. The first-order valence-corrected chi connectivity index (χ1v) is 20.1. The van der Waals surface area contributed by atoms with E-state index in [1.165, 1.54) is 0 Å². The summed E-state index contributed by atoms with van der Waals surface area (Å²) >= 11 is 0. The van der Waals surface area contributed by atoms with Gasteiger partial charge in [0.25, 0.3) is 0 Å². The number of rotatable bonds is 13. The van der Waals surface area contributed by atoms with E-state index in [2.05, 4.69) is 94.4 Å². The molecule has 0 N–H and O–H groups in total. The maximum Gasteiger partial charge on any atom is 0.171 e. The molecule has 53 heavy (non-hydrogen) atoms. The zero-order valence-corrected chi connectivity index (χ0v) is 32.1. The van der Waals surface area contributed by atoms with Crippen LogP contribution in [0.4, 0.5) is 0 Å². The summed E-state index contributed by atoms with van der Waals surface area (Å²) in [7, 11) is 0. The Morgan fingerprint density at radius 1 is 0.774 bits per heavy atom. The van der Waals surface area contributed by atoms with E-state index in [-0.39, 0.29) is 42.5 Å². The Kier molecular flexibility index (Phi) is 13.0. The molecule has 1 spiro atoms. The van der Waals surface area contributed by atoms with E-state index in [4.69, 9.17) is 33.2 Å². The fraction of sp³-hybridized carbons (Fsp3) is 0.565. The van der Waals surface area contributed by atoms with Crippen LogP contribution in [0, 0.1) is 23.7 Å². The molecule has 0 aromatic heterocycles. The molecule has 3 aromatic rings. The van der Waals surface area contributed by atoms with Gasteiger partial charge in [0.05, 0.1) is 63.2 Å². The van der Waals surface area contributed by atoms with Crippen molar-refractivity contribution in [3.05, 3.63) is 120 Å². The Bertz CT molecular complexity index is 1560. The van der Waals surface area contributed by atoms with Gasteiger partial charge >= 0.3 is 0 Å². The van der Waals surface area contributed by atoms with Crippen LogP contribution >= 0.6 is 0 Å². The highest BCUT2D eigenvalue weighted by atomic mass is 16.7. The Labute approximate surface area is 317 Å². The average molecular weight is 725 g/mol. The lowest BCUT2D eigenvalue weighted by Crippen LogP contribution is -2.54. The summed E-state index contributed by atoms with van der Waals surface area (Å²) in [5, 5.41) is 0. The van der Waals surface area contributed by atoms with Gasteiger partial charge in [0.2, 0.25) is 0 Å². The molecular formula is C46H60O7. The molecule has 0 saturated carbocycles. The van der Waals surface area contributed by atoms with Crippen LogP contribution in [0.25, 0.3) is 0 Å². The summed E-state index contributed by atoms with van der Waals surface area (Å²) in [6.07, 6.45) is 6.82. The van der Waals surface area contributed by atoms with Crippen molar-refractivity contribution in [1.82, 2.24) is 0 Å². The van der Waals surface area contributed by atoms with Crippen LogP contribution in [0.1, 0.15) is 82.9 Å². The van der Waals surface area contributed by atoms with Crippen LogP contribution < -0.4 is 0 Å². The molecule has 4 heterocycles. The predicted molar refractivity (Wildman–Crippen MR) is 206 cm³/mol. The largest absolute Gasteiger partial charge is 0.492 e. The Balaban J connectivity index is 1.09. The highest BCUT2D eigenvalue weighted by Crippen LogP contribution is 2.47. The third kappa shape index (κ3) is 9.62. The van der Waals surface area contributed by atoms with Crippen molar-refractivity contribution in [2.45, 2.75) is 128 Å². The summed E-state index contributed by atoms with van der Waals surface area (Å²) in [6.45, 7) is 12.0. The average Bonchev–Trinajstić information content (AvgIpc) is 3.65. The lowest BCUT2D eigenvalue weighted by atomic mass is 9.77. The second-order valence-electron chi connectivity index (χ2n) is 16.1. The molecule has 11 atom stereocenters. The maximum absolute atomic E-state index is 7.02. The molecule has 7 rings (SSSR count). The Morgan fingerprint density at radius 3 is 2.09 bits per heavy atom. The van der Waals surface area contributed by atoms with E-state index in [0.717, 1.165) is 67.6 Å². The van der Waals surface area contributed by atoms with Gasteiger partial charge in [-0.3, -0.25) is 0 Å². The zero-order chi connectivity index (χ0) is 36.6. The summed E-state index contributed by atoms with van der Waals surface area (Å²) in [6, 6.07) is 31.1. The van der Waals surface area contributed by atoms with Crippen LogP contribution in [0.15, 0.2) is 103 Å². The normalized spacial score (nSPS) is 32.9. The molecule has 0 unspecified atom stereocenters. The van der Waals surface area contributed by atoms with Crippen molar-refractivity contribution in [2.24, 2.45) is 23.7 Å². The lowest BCUT2D eigenvalue weighted by Gasteiger charge is -2.49. The highest BCUT2D eigenvalue weighted by molar-refractivity contribution is 5.16. The molecular weight excluding hydrogens is 664 g/mol. The molecule has 3 aromatic carbocycles. The van der Waals surface area contributed by atoms with Crippen LogP contribution in [0.3, 0.4) is 0 Å². The van der Waals surface area contributed by atoms with E-state index in [9.17, 15) is 0 Å². The summed E-state index contributed by atoms with van der Waals surface area (Å²) in [5.41, 5.74) is 3.46. The van der Waals surface area contributed by atoms with E-state index < -0.39 is 5.79 Å². The minimum Gasteiger partial charge on any atom is -0.492 e. The quantitative estimate of drug-likeness (QED) is 0.174. The number of hydrogen-bond donors (Lipinski definition) is 0. The Morgan fingerprint density at radius 2 is 1.43 bits per heavy atom. The molecule has 0 amide bonds. The van der Waals surface area contributed by atoms with Gasteiger partial charge in [-0.05, 0) is 66.7 Å². The minimum absolute atomic E-state index is 0.0172. The fourth-order valence-electron chi connectivity index (χ4n) is 8.85. The molecule has 3 saturated heterocycles. The zero-order valence-electron chi connectivity index (χ0n) is 32.1. The van der Waals surface area contributed by atoms with Crippen LogP contribution in [0.5, 0.6) is 0 Å². The smallest absolute Gasteiger partial charge is 0.171 e. The molecule has 0 bridgehead atoms. The van der Waals surface area contributed by atoms with Gasteiger partial charge in [-0.25, -0.2) is 0 Å². The highest BCUT2D eigenvalue weighted by Gasteiger charge is 2.52. The molecule has 4 aliphatic rings. The summed E-state index contributed by atoms with van der Waals surface area (Å²) in [5.74, 6) is 1.57. The monoisotopic (exact) mass is 724 g/mol. The van der Waals surface area contributed by atoms with Gasteiger partial charge in [0, 0.05) is 18.3 Å². The van der Waals surface area contributed by atoms with Gasteiger partial charge < -0.3 is 33.2 Å². The second-order valence-corrected chi connectivity index (χ2v) is 16.1. The number of benzene rings is 3. The molecule has 4 aliphatic heterocycles. The molecule has 7 nitrogen and oxygen atoms in total. The first kappa shape index (κ1) is 38.2. The molecule has 0 aliphatic carbocycles. The minimum atomic E-state index is -0.539. The van der Waals surface area contributed by atoms with E-state index in [1.54, 1.807) is 0 Å². The third-order valence-electron chi connectivity index (χ3n) is 12.1. The van der Waals surface area contributed by atoms with Crippen LogP contribution in [-0.2, 0) is 53.0 Å². The van der Waals surface area contributed by atoms with E-state index in [0.29, 0.717) is 44.2 Å². The first-order chi connectivity index (χ1) is 25.9. The van der Waals surface area contributed by atoms with Gasteiger partial charge in [0.15, 0.2) is 5.79 Å². The lowest BCUT2D eigenvalue weighted by molar-refractivity contribution is -0.314. The topological polar surface area (TPSA) is 64.6 Å². The SMILES string of the molecule is C[C@H]1C[C@H](OCc2ccccc2)[C@@H](COCc2ccccc2)O[C@@H]2CC=C([C@@H](C)[C@H](OCc3ccccc3)[C@@H]3C[C@@H](C)[C@H](C)[C@@]4(CCCO4)O3)O[C@H]2C1. The fourth-order valence-corrected chi connectivity index (χ4v) is 8.85. The number of hydrogen-bond acceptors (Lipinski definition) is 7. The standard InChI is InChI=1S/C46H60O7/c1-32-25-41(48-29-37-17-10-6-11-18-37)44(31-47-28-36-15-8-5-9-16-36)52-40-22-21-39(51-42(40)26-32)34(3)45(49-30-38-19-12-7-13-20-38)43-27-33(2)35(4)46(53-43)23-14-24-50-46/h5-13,15-21,32-35,40-45H,14,22-31H2,1-4H3/t32-,33+,34+,35-,40+,41-,42-,43-,44+,45-,46+/m0/s1. The van der Waals surface area contributed by atoms with Crippen molar-refractivity contribution >= 4 is 0 Å². The van der Waals surface area contributed by atoms with Crippen LogP contribution in [0.2, 0.25) is 0 Å².